The molecule has 0 aliphatic carbocycles. The van der Waals surface area contributed by atoms with Gasteiger partial charge in [0.05, 0.1) is 5.75 Å². The van der Waals surface area contributed by atoms with Crippen LogP contribution in [0, 0.1) is 0 Å². The van der Waals surface area contributed by atoms with Crippen molar-refractivity contribution in [3.05, 3.63) is 29.8 Å². The van der Waals surface area contributed by atoms with E-state index in [0.717, 1.165) is 12.0 Å². The first-order valence-corrected chi connectivity index (χ1v) is 7.17. The lowest BCUT2D eigenvalue weighted by Gasteiger charge is -2.06. The zero-order valence-electron chi connectivity index (χ0n) is 9.35. The Morgan fingerprint density at radius 1 is 1.38 bits per heavy atom. The van der Waals surface area contributed by atoms with Gasteiger partial charge in [-0.15, -0.1) is 0 Å². The molecule has 5 heteroatoms. The summed E-state index contributed by atoms with van der Waals surface area (Å²) in [6.45, 7) is 0.776. The molecule has 0 unspecified atom stereocenters. The number of nitrogens with two attached hydrogens (primary N) is 1. The summed E-state index contributed by atoms with van der Waals surface area (Å²) in [4.78, 5) is 0. The van der Waals surface area contributed by atoms with Crippen molar-refractivity contribution < 1.29 is 13.2 Å². The monoisotopic (exact) mass is 243 g/mol. The molecule has 1 aromatic carbocycles. The number of hydrogen-bond donors (Lipinski definition) is 1. The Kier molecular flexibility index (Phi) is 4.76. The van der Waals surface area contributed by atoms with Crippen molar-refractivity contribution in [3.63, 3.8) is 0 Å². The van der Waals surface area contributed by atoms with E-state index in [9.17, 15) is 8.42 Å². The van der Waals surface area contributed by atoms with Gasteiger partial charge in [-0.2, -0.15) is 0 Å². The summed E-state index contributed by atoms with van der Waals surface area (Å²) < 4.78 is 27.1. The van der Waals surface area contributed by atoms with Gasteiger partial charge in [-0.25, -0.2) is 8.42 Å². The fraction of sp³-hybridized carbons (Fsp3) is 0.455. The van der Waals surface area contributed by atoms with Crippen LogP contribution >= 0.6 is 0 Å². The number of ether oxygens (including phenoxy) is 1. The highest BCUT2D eigenvalue weighted by Gasteiger charge is 2.02. The maximum Gasteiger partial charge on any atom is 0.150 e. The fourth-order valence-corrected chi connectivity index (χ4v) is 1.65. The number of rotatable bonds is 6. The van der Waals surface area contributed by atoms with Crippen LogP contribution in [0.4, 0.5) is 0 Å². The first-order valence-electron chi connectivity index (χ1n) is 5.11. The third-order valence-electron chi connectivity index (χ3n) is 2.05. The molecule has 0 heterocycles. The first-order chi connectivity index (χ1) is 7.51. The van der Waals surface area contributed by atoms with E-state index in [0.29, 0.717) is 12.3 Å². The van der Waals surface area contributed by atoms with E-state index in [1.807, 2.05) is 24.3 Å². The minimum atomic E-state index is -2.96. The van der Waals surface area contributed by atoms with E-state index in [2.05, 4.69) is 0 Å². The van der Waals surface area contributed by atoms with Crippen LogP contribution in [0.2, 0.25) is 0 Å². The molecule has 0 aromatic heterocycles. The topological polar surface area (TPSA) is 69.4 Å². The van der Waals surface area contributed by atoms with Crippen LogP contribution in [0.25, 0.3) is 0 Å². The van der Waals surface area contributed by atoms with Gasteiger partial charge < -0.3 is 10.5 Å². The Morgan fingerprint density at radius 3 is 2.75 bits per heavy atom. The second-order valence-electron chi connectivity index (χ2n) is 3.66. The highest BCUT2D eigenvalue weighted by atomic mass is 32.2. The van der Waals surface area contributed by atoms with Crippen LogP contribution in [0.15, 0.2) is 24.3 Å². The summed E-state index contributed by atoms with van der Waals surface area (Å²) in [5.74, 6) is 0.725. The number of sulfone groups is 1. The molecule has 0 saturated heterocycles. The minimum Gasteiger partial charge on any atom is -0.493 e. The van der Waals surface area contributed by atoms with Crippen molar-refractivity contribution in [1.82, 2.24) is 0 Å². The van der Waals surface area contributed by atoms with Gasteiger partial charge in [0.15, 0.2) is 9.84 Å². The largest absolute Gasteiger partial charge is 0.493 e. The van der Waals surface area contributed by atoms with Gasteiger partial charge >= 0.3 is 0 Å². The van der Waals surface area contributed by atoms with Crippen LogP contribution in [0.1, 0.15) is 5.56 Å². The van der Waals surface area contributed by atoms with Crippen LogP contribution in [0.3, 0.4) is 0 Å². The van der Waals surface area contributed by atoms with E-state index in [1.54, 1.807) is 0 Å². The predicted molar refractivity (Wildman–Crippen MR) is 64.4 cm³/mol. The predicted octanol–water partition coefficient (Wildman–Crippen LogP) is 0.611. The Balaban J connectivity index is 2.51. The Labute approximate surface area is 96.3 Å². The van der Waals surface area contributed by atoms with Crippen LogP contribution < -0.4 is 10.5 Å². The van der Waals surface area contributed by atoms with Gasteiger partial charge in [0.2, 0.25) is 0 Å². The van der Waals surface area contributed by atoms with Crippen molar-refractivity contribution in [2.24, 2.45) is 5.73 Å². The summed E-state index contributed by atoms with van der Waals surface area (Å²) in [6, 6.07) is 7.54. The molecule has 1 rings (SSSR count). The lowest BCUT2D eigenvalue weighted by molar-refractivity contribution is 0.341. The maximum atomic E-state index is 10.9. The van der Waals surface area contributed by atoms with Crippen LogP contribution in [-0.2, 0) is 16.3 Å². The second kappa shape index (κ2) is 5.86. The van der Waals surface area contributed by atoms with Gasteiger partial charge in [0.1, 0.15) is 12.4 Å². The van der Waals surface area contributed by atoms with Crippen molar-refractivity contribution >= 4 is 9.84 Å². The zero-order valence-corrected chi connectivity index (χ0v) is 10.2. The molecule has 4 nitrogen and oxygen atoms in total. The molecular weight excluding hydrogens is 226 g/mol. The third kappa shape index (κ3) is 5.14. The third-order valence-corrected chi connectivity index (χ3v) is 2.96. The molecule has 2 N–H and O–H groups in total. The Hall–Kier alpha value is -1.07. The molecule has 0 aliphatic heterocycles. The molecule has 0 spiro atoms. The van der Waals surface area contributed by atoms with Gasteiger partial charge in [0.25, 0.3) is 0 Å². The number of hydrogen-bond acceptors (Lipinski definition) is 4. The molecule has 1 aromatic rings. The summed E-state index contributed by atoms with van der Waals surface area (Å²) >= 11 is 0. The Bertz CT molecular complexity index is 429. The molecule has 0 aliphatic rings. The molecule has 0 saturated carbocycles. The van der Waals surface area contributed by atoms with E-state index in [4.69, 9.17) is 10.5 Å². The normalized spacial score (nSPS) is 11.4. The molecule has 0 fully saturated rings. The van der Waals surface area contributed by atoms with E-state index in [1.165, 1.54) is 6.26 Å². The molecule has 16 heavy (non-hydrogen) atoms. The van der Waals surface area contributed by atoms with Gasteiger partial charge in [-0.05, 0) is 30.7 Å². The summed E-state index contributed by atoms with van der Waals surface area (Å²) in [5.41, 5.74) is 6.54. The summed E-state index contributed by atoms with van der Waals surface area (Å²) in [5, 5.41) is 0. The highest BCUT2D eigenvalue weighted by Crippen LogP contribution is 2.13. The molecule has 0 amide bonds. The van der Waals surface area contributed by atoms with Crippen molar-refractivity contribution in [2.45, 2.75) is 6.42 Å². The van der Waals surface area contributed by atoms with Gasteiger partial charge in [0, 0.05) is 6.26 Å². The van der Waals surface area contributed by atoms with E-state index < -0.39 is 9.84 Å². The minimum absolute atomic E-state index is 0.0358. The second-order valence-corrected chi connectivity index (χ2v) is 5.92. The van der Waals surface area contributed by atoms with Gasteiger partial charge in [-0.3, -0.25) is 0 Å². The quantitative estimate of drug-likeness (QED) is 0.795. The molecular formula is C11H17NO3S. The van der Waals surface area contributed by atoms with E-state index >= 15 is 0 Å². The van der Waals surface area contributed by atoms with E-state index in [-0.39, 0.29) is 12.4 Å². The van der Waals surface area contributed by atoms with Crippen molar-refractivity contribution in [1.29, 1.82) is 0 Å². The SMILES string of the molecule is CS(=O)(=O)CCOc1cccc(CCN)c1. The first kappa shape index (κ1) is 13.0. The zero-order chi connectivity index (χ0) is 12.0. The lowest BCUT2D eigenvalue weighted by atomic mass is 10.1. The summed E-state index contributed by atoms with van der Waals surface area (Å²) in [6.07, 6.45) is 1.99. The highest BCUT2D eigenvalue weighted by molar-refractivity contribution is 7.90. The van der Waals surface area contributed by atoms with Crippen molar-refractivity contribution in [2.75, 3.05) is 25.2 Å². The standard InChI is InChI=1S/C11H17NO3S/c1-16(13,14)8-7-15-11-4-2-3-10(9-11)5-6-12/h2-4,9H,5-8,12H2,1H3. The Morgan fingerprint density at radius 2 is 2.12 bits per heavy atom. The van der Waals surface area contributed by atoms with Crippen LogP contribution in [0.5, 0.6) is 5.75 Å². The molecule has 0 radical (unpaired) electrons. The fourth-order valence-electron chi connectivity index (χ4n) is 1.27. The maximum absolute atomic E-state index is 10.9. The number of benzene rings is 1. The average Bonchev–Trinajstić information content (AvgIpc) is 2.17. The van der Waals surface area contributed by atoms with Gasteiger partial charge in [-0.1, -0.05) is 12.1 Å². The van der Waals surface area contributed by atoms with Crippen LogP contribution in [-0.4, -0.2) is 33.6 Å². The molecule has 0 bridgehead atoms. The average molecular weight is 243 g/mol. The molecule has 90 valence electrons. The van der Waals surface area contributed by atoms with Crippen molar-refractivity contribution in [3.8, 4) is 5.75 Å². The lowest BCUT2D eigenvalue weighted by Crippen LogP contribution is -2.12. The summed E-state index contributed by atoms with van der Waals surface area (Å²) in [7, 11) is -2.96. The molecule has 0 atom stereocenters. The smallest absolute Gasteiger partial charge is 0.150 e.